The number of hydrogen-bond donors (Lipinski definition) is 2. The Morgan fingerprint density at radius 3 is 2.00 bits per heavy atom. The molecule has 2 N–H and O–H groups in total. The molecule has 0 aromatic heterocycles. The summed E-state index contributed by atoms with van der Waals surface area (Å²) in [6.45, 7) is 0. The first kappa shape index (κ1) is 18.6. The van der Waals surface area contributed by atoms with Gasteiger partial charge in [-0.3, -0.25) is 9.59 Å². The fourth-order valence-electron chi connectivity index (χ4n) is 3.39. The number of carbonyl (C=O) groups excluding carboxylic acids is 2. The van der Waals surface area contributed by atoms with Crippen molar-refractivity contribution in [1.82, 2.24) is 5.32 Å². The van der Waals surface area contributed by atoms with E-state index in [1.54, 1.807) is 54.6 Å². The molecule has 138 valence electrons. The molecule has 0 aliphatic heterocycles. The number of benzene rings is 2. The largest absolute Gasteiger partial charge is 0.479 e. The lowest BCUT2D eigenvalue weighted by atomic mass is 9.77. The van der Waals surface area contributed by atoms with E-state index >= 15 is 0 Å². The Kier molecular flexibility index (Phi) is 5.81. The first-order valence-corrected chi connectivity index (χ1v) is 8.90. The molecule has 0 unspecified atom stereocenters. The first-order chi connectivity index (χ1) is 13.1. The number of aliphatic carboxylic acids is 1. The fraction of sp³-hybridized carbons (Fsp3) is 0.227. The highest BCUT2D eigenvalue weighted by atomic mass is 16.4. The van der Waals surface area contributed by atoms with E-state index in [0.717, 1.165) is 0 Å². The minimum atomic E-state index is -1.14. The number of rotatable bonds is 6. The van der Waals surface area contributed by atoms with E-state index in [4.69, 9.17) is 0 Å². The van der Waals surface area contributed by atoms with Gasteiger partial charge in [-0.25, -0.2) is 4.79 Å². The highest BCUT2D eigenvalue weighted by Gasteiger charge is 2.36. The van der Waals surface area contributed by atoms with Gasteiger partial charge in [0.2, 0.25) is 5.91 Å². The van der Waals surface area contributed by atoms with Crippen LogP contribution in [-0.2, 0) is 9.59 Å². The van der Waals surface area contributed by atoms with Crippen LogP contribution in [0.4, 0.5) is 0 Å². The minimum absolute atomic E-state index is 0.0910. The van der Waals surface area contributed by atoms with Crippen LogP contribution in [0.2, 0.25) is 0 Å². The Morgan fingerprint density at radius 2 is 1.41 bits per heavy atom. The number of ketones is 1. The lowest BCUT2D eigenvalue weighted by Gasteiger charge is -2.28. The summed E-state index contributed by atoms with van der Waals surface area (Å²) in [5.41, 5.74) is 1.06. The molecule has 0 radical (unpaired) electrons. The van der Waals surface area contributed by atoms with Crippen molar-refractivity contribution in [3.8, 4) is 0 Å². The molecule has 5 nitrogen and oxygen atoms in total. The molecule has 1 amide bonds. The normalized spacial score (nSPS) is 19.9. The smallest absolute Gasteiger partial charge is 0.330 e. The zero-order valence-electron chi connectivity index (χ0n) is 14.7. The van der Waals surface area contributed by atoms with Crippen LogP contribution in [0.5, 0.6) is 0 Å². The van der Waals surface area contributed by atoms with Gasteiger partial charge in [-0.1, -0.05) is 72.8 Å². The highest BCUT2D eigenvalue weighted by Crippen LogP contribution is 2.30. The minimum Gasteiger partial charge on any atom is -0.479 e. The van der Waals surface area contributed by atoms with E-state index < -0.39 is 29.8 Å². The Balaban J connectivity index is 1.80. The van der Waals surface area contributed by atoms with Crippen molar-refractivity contribution in [2.75, 3.05) is 0 Å². The van der Waals surface area contributed by atoms with Crippen molar-refractivity contribution in [3.05, 3.63) is 83.9 Å². The summed E-state index contributed by atoms with van der Waals surface area (Å²) in [7, 11) is 0. The number of carboxylic acid groups (broad SMARTS) is 1. The zero-order valence-corrected chi connectivity index (χ0v) is 14.7. The topological polar surface area (TPSA) is 83.5 Å². The lowest BCUT2D eigenvalue weighted by Crippen LogP contribution is -2.42. The summed E-state index contributed by atoms with van der Waals surface area (Å²) >= 11 is 0. The van der Waals surface area contributed by atoms with Crippen LogP contribution in [0.15, 0.2) is 72.8 Å². The molecular formula is C22H21NO4. The zero-order chi connectivity index (χ0) is 19.2. The van der Waals surface area contributed by atoms with Crippen molar-refractivity contribution in [1.29, 1.82) is 0 Å². The number of nitrogens with one attached hydrogen (secondary N) is 1. The standard InChI is InChI=1S/C22H21NO4/c24-20(16-11-5-2-6-12-16)17-13-7-8-14-18(17)21(25)23-19(22(26)27)15-9-3-1-4-10-15/h1-12,17-19H,13-14H2,(H,23,25)(H,26,27)/t17-,18-,19-/m1/s1. The first-order valence-electron chi connectivity index (χ1n) is 8.90. The maximum atomic E-state index is 12.9. The van der Waals surface area contributed by atoms with Gasteiger partial charge in [0.1, 0.15) is 0 Å². The van der Waals surface area contributed by atoms with Gasteiger partial charge in [-0.15, -0.1) is 0 Å². The van der Waals surface area contributed by atoms with Crippen LogP contribution in [-0.4, -0.2) is 22.8 Å². The number of hydrogen-bond acceptors (Lipinski definition) is 3. The second-order valence-electron chi connectivity index (χ2n) is 6.58. The molecule has 27 heavy (non-hydrogen) atoms. The molecule has 3 atom stereocenters. The van der Waals surface area contributed by atoms with E-state index in [-0.39, 0.29) is 5.78 Å². The van der Waals surface area contributed by atoms with Crippen LogP contribution in [0.1, 0.15) is 34.8 Å². The highest BCUT2D eigenvalue weighted by molar-refractivity contribution is 6.01. The van der Waals surface area contributed by atoms with Crippen molar-refractivity contribution in [3.63, 3.8) is 0 Å². The van der Waals surface area contributed by atoms with Gasteiger partial charge >= 0.3 is 5.97 Å². The Bertz CT molecular complexity index is 845. The number of carboxylic acids is 1. The van der Waals surface area contributed by atoms with Gasteiger partial charge < -0.3 is 10.4 Å². The summed E-state index contributed by atoms with van der Waals surface area (Å²) in [5, 5.41) is 12.1. The monoisotopic (exact) mass is 363 g/mol. The van der Waals surface area contributed by atoms with Gasteiger partial charge in [-0.05, 0) is 18.4 Å². The second kappa shape index (κ2) is 8.45. The predicted octanol–water partition coefficient (Wildman–Crippen LogP) is 3.39. The maximum Gasteiger partial charge on any atom is 0.330 e. The van der Waals surface area contributed by atoms with Gasteiger partial charge in [0.15, 0.2) is 11.8 Å². The van der Waals surface area contributed by atoms with Gasteiger partial charge in [-0.2, -0.15) is 0 Å². The molecule has 0 heterocycles. The van der Waals surface area contributed by atoms with E-state index in [9.17, 15) is 19.5 Å². The molecule has 1 aliphatic rings. The van der Waals surface area contributed by atoms with Crippen LogP contribution in [0.3, 0.4) is 0 Å². The summed E-state index contributed by atoms with van der Waals surface area (Å²) < 4.78 is 0. The number of Topliss-reactive ketones (excluding diaryl/α,β-unsaturated/α-hetero) is 1. The van der Waals surface area contributed by atoms with Crippen molar-refractivity contribution in [2.45, 2.75) is 18.9 Å². The number of amides is 1. The van der Waals surface area contributed by atoms with Crippen LogP contribution >= 0.6 is 0 Å². The molecule has 5 heteroatoms. The van der Waals surface area contributed by atoms with E-state index in [0.29, 0.717) is 24.0 Å². The fourth-order valence-corrected chi connectivity index (χ4v) is 3.39. The average Bonchev–Trinajstić information content (AvgIpc) is 2.72. The summed E-state index contributed by atoms with van der Waals surface area (Å²) in [5.74, 6) is -2.72. The molecule has 2 aromatic rings. The molecule has 0 spiro atoms. The molecule has 1 aliphatic carbocycles. The Hall–Kier alpha value is -3.21. The van der Waals surface area contributed by atoms with Gasteiger partial charge in [0, 0.05) is 11.5 Å². The Morgan fingerprint density at radius 1 is 0.852 bits per heavy atom. The van der Waals surface area contributed by atoms with Gasteiger partial charge in [0.05, 0.1) is 5.92 Å². The summed E-state index contributed by atoms with van der Waals surface area (Å²) in [6.07, 6.45) is 4.66. The summed E-state index contributed by atoms with van der Waals surface area (Å²) in [4.78, 5) is 37.4. The number of carbonyl (C=O) groups is 3. The number of allylic oxidation sites excluding steroid dienone is 2. The van der Waals surface area contributed by atoms with E-state index in [1.165, 1.54) is 0 Å². The molecule has 0 saturated carbocycles. The van der Waals surface area contributed by atoms with Crippen LogP contribution in [0.25, 0.3) is 0 Å². The van der Waals surface area contributed by atoms with Crippen molar-refractivity contribution >= 4 is 17.7 Å². The quantitative estimate of drug-likeness (QED) is 0.609. The molecule has 0 bridgehead atoms. The van der Waals surface area contributed by atoms with E-state index in [1.807, 2.05) is 18.2 Å². The van der Waals surface area contributed by atoms with Crippen LogP contribution in [0, 0.1) is 11.8 Å². The average molecular weight is 363 g/mol. The molecule has 0 fully saturated rings. The molecule has 3 rings (SSSR count). The molecular weight excluding hydrogens is 342 g/mol. The lowest BCUT2D eigenvalue weighted by molar-refractivity contribution is -0.143. The predicted molar refractivity (Wildman–Crippen MR) is 101 cm³/mol. The summed E-state index contributed by atoms with van der Waals surface area (Å²) in [6, 6.07) is 16.3. The van der Waals surface area contributed by atoms with Crippen molar-refractivity contribution < 1.29 is 19.5 Å². The molecule has 2 aromatic carbocycles. The third kappa shape index (κ3) is 4.31. The maximum absolute atomic E-state index is 12.9. The second-order valence-corrected chi connectivity index (χ2v) is 6.58. The third-order valence-electron chi connectivity index (χ3n) is 4.83. The SMILES string of the molecule is O=C(O)[C@H](NC(=O)[C@@H]1CC=CC[C@H]1C(=O)c1ccccc1)c1ccccc1. The van der Waals surface area contributed by atoms with Crippen LogP contribution < -0.4 is 5.32 Å². The third-order valence-corrected chi connectivity index (χ3v) is 4.83. The van der Waals surface area contributed by atoms with E-state index in [2.05, 4.69) is 5.32 Å². The molecule has 0 saturated heterocycles. The van der Waals surface area contributed by atoms with Gasteiger partial charge in [0.25, 0.3) is 0 Å². The van der Waals surface area contributed by atoms with Crippen molar-refractivity contribution in [2.24, 2.45) is 11.8 Å². The Labute approximate surface area is 157 Å².